The summed E-state index contributed by atoms with van der Waals surface area (Å²) in [6.07, 6.45) is 6.60. The second-order valence-electron chi connectivity index (χ2n) is 8.30. The topological polar surface area (TPSA) is 115 Å². The first kappa shape index (κ1) is 24.0. The molecular formula is C26H29N7O2. The van der Waals surface area contributed by atoms with Crippen LogP contribution < -0.4 is 15.4 Å². The summed E-state index contributed by atoms with van der Waals surface area (Å²) in [5, 5.41) is 6.98. The van der Waals surface area contributed by atoms with Crippen molar-refractivity contribution in [3.63, 3.8) is 0 Å². The van der Waals surface area contributed by atoms with Crippen molar-refractivity contribution in [2.75, 3.05) is 25.5 Å². The van der Waals surface area contributed by atoms with Gasteiger partial charge in [0, 0.05) is 49.2 Å². The van der Waals surface area contributed by atoms with Gasteiger partial charge in [-0.05, 0) is 30.4 Å². The largest absolute Gasteiger partial charge is 0.464 e. The van der Waals surface area contributed by atoms with Gasteiger partial charge in [0.25, 0.3) is 5.91 Å². The number of fused-ring (bicyclic) bond motifs is 1. The molecule has 1 unspecified atom stereocenters. The molecule has 0 saturated heterocycles. The lowest BCUT2D eigenvalue weighted by atomic mass is 9.87. The molecule has 9 heteroatoms. The van der Waals surface area contributed by atoms with Crippen LogP contribution in [0.4, 0.5) is 5.82 Å². The van der Waals surface area contributed by atoms with Gasteiger partial charge in [0.15, 0.2) is 0 Å². The van der Waals surface area contributed by atoms with Crippen molar-refractivity contribution in [3.05, 3.63) is 66.4 Å². The van der Waals surface area contributed by atoms with Crippen LogP contribution >= 0.6 is 0 Å². The molecule has 0 saturated carbocycles. The molecule has 3 aromatic heterocycles. The van der Waals surface area contributed by atoms with Gasteiger partial charge in [0.2, 0.25) is 0 Å². The molecule has 2 atom stereocenters. The summed E-state index contributed by atoms with van der Waals surface area (Å²) in [5.41, 5.74) is 4.11. The van der Waals surface area contributed by atoms with Gasteiger partial charge in [0.1, 0.15) is 12.1 Å². The van der Waals surface area contributed by atoms with Crippen LogP contribution in [0.2, 0.25) is 0 Å². The summed E-state index contributed by atoms with van der Waals surface area (Å²) in [6, 6.07) is 9.99. The summed E-state index contributed by atoms with van der Waals surface area (Å²) in [7, 11) is 1.64. The molecule has 4 rings (SSSR count). The van der Waals surface area contributed by atoms with Gasteiger partial charge in [-0.3, -0.25) is 9.78 Å². The highest BCUT2D eigenvalue weighted by Crippen LogP contribution is 2.31. The number of pyridine rings is 1. The number of aromatic nitrogens is 5. The molecule has 1 aromatic carbocycles. The highest BCUT2D eigenvalue weighted by Gasteiger charge is 2.19. The zero-order valence-corrected chi connectivity index (χ0v) is 20.3. The fourth-order valence-corrected chi connectivity index (χ4v) is 3.91. The lowest BCUT2D eigenvalue weighted by Crippen LogP contribution is -2.19. The van der Waals surface area contributed by atoms with E-state index in [0.29, 0.717) is 24.7 Å². The third kappa shape index (κ3) is 5.34. The molecule has 1 amide bonds. The zero-order chi connectivity index (χ0) is 24.8. The fourth-order valence-electron chi connectivity index (χ4n) is 3.91. The van der Waals surface area contributed by atoms with Gasteiger partial charge in [-0.15, -0.1) is 0 Å². The second kappa shape index (κ2) is 10.9. The van der Waals surface area contributed by atoms with E-state index in [9.17, 15) is 4.79 Å². The van der Waals surface area contributed by atoms with Gasteiger partial charge in [-0.25, -0.2) is 19.9 Å². The van der Waals surface area contributed by atoms with Crippen molar-refractivity contribution >= 4 is 22.6 Å². The highest BCUT2D eigenvalue weighted by molar-refractivity contribution is 6.06. The predicted octanol–water partition coefficient (Wildman–Crippen LogP) is 4.09. The van der Waals surface area contributed by atoms with Gasteiger partial charge in [0.05, 0.1) is 23.4 Å². The minimum absolute atomic E-state index is 0.116. The van der Waals surface area contributed by atoms with Crippen LogP contribution in [0.3, 0.4) is 0 Å². The lowest BCUT2D eigenvalue weighted by Gasteiger charge is -2.22. The Morgan fingerprint density at radius 1 is 1.06 bits per heavy atom. The van der Waals surface area contributed by atoms with Gasteiger partial charge < -0.3 is 15.4 Å². The maximum atomic E-state index is 12.3. The van der Waals surface area contributed by atoms with E-state index in [1.54, 1.807) is 31.7 Å². The Bertz CT molecular complexity index is 1310. The first-order chi connectivity index (χ1) is 17.0. The first-order valence-electron chi connectivity index (χ1n) is 11.6. The van der Waals surface area contributed by atoms with Crippen LogP contribution in [0.1, 0.15) is 42.6 Å². The van der Waals surface area contributed by atoms with Crippen LogP contribution in [-0.2, 0) is 0 Å². The van der Waals surface area contributed by atoms with Crippen molar-refractivity contribution in [2.45, 2.75) is 26.7 Å². The molecule has 0 aliphatic rings. The summed E-state index contributed by atoms with van der Waals surface area (Å²) < 4.78 is 5.30. The molecule has 180 valence electrons. The SMILES string of the molecule is CCOc1ncc(-c2cc(NCC(C)[C@@H](C)c3cccc4c(C(=O)NC)ccnc34)ncn2)cn1. The first-order valence-corrected chi connectivity index (χ1v) is 11.6. The minimum Gasteiger partial charge on any atom is -0.464 e. The molecule has 2 N–H and O–H groups in total. The third-order valence-electron chi connectivity index (χ3n) is 6.09. The van der Waals surface area contributed by atoms with Gasteiger partial charge >= 0.3 is 6.01 Å². The smallest absolute Gasteiger partial charge is 0.316 e. The van der Waals surface area contributed by atoms with E-state index in [-0.39, 0.29) is 17.7 Å². The van der Waals surface area contributed by atoms with E-state index in [1.165, 1.54) is 6.33 Å². The molecular weight excluding hydrogens is 442 g/mol. The predicted molar refractivity (Wildman–Crippen MR) is 135 cm³/mol. The molecule has 0 spiro atoms. The number of para-hydroxylation sites is 1. The minimum atomic E-state index is -0.116. The zero-order valence-electron chi connectivity index (χ0n) is 20.3. The van der Waals surface area contributed by atoms with Crippen LogP contribution in [-0.4, -0.2) is 51.0 Å². The van der Waals surface area contributed by atoms with Gasteiger partial charge in [-0.1, -0.05) is 32.0 Å². The number of nitrogens with zero attached hydrogens (tertiary/aromatic N) is 5. The Balaban J connectivity index is 1.48. The Hall–Kier alpha value is -4.14. The molecule has 3 heterocycles. The van der Waals surface area contributed by atoms with E-state index in [1.807, 2.05) is 25.1 Å². The number of carbonyl (C=O) groups is 1. The van der Waals surface area contributed by atoms with Crippen molar-refractivity contribution in [2.24, 2.45) is 5.92 Å². The second-order valence-corrected chi connectivity index (χ2v) is 8.30. The molecule has 0 aliphatic carbocycles. The average molecular weight is 472 g/mol. The van der Waals surface area contributed by atoms with Crippen molar-refractivity contribution < 1.29 is 9.53 Å². The summed E-state index contributed by atoms with van der Waals surface area (Å²) >= 11 is 0. The van der Waals surface area contributed by atoms with Crippen molar-refractivity contribution in [3.8, 4) is 17.3 Å². The number of rotatable bonds is 9. The number of benzene rings is 1. The number of hydrogen-bond donors (Lipinski definition) is 2. The third-order valence-corrected chi connectivity index (χ3v) is 6.09. The van der Waals surface area contributed by atoms with Crippen LogP contribution in [0.25, 0.3) is 22.2 Å². The molecule has 0 aliphatic heterocycles. The van der Waals surface area contributed by atoms with E-state index in [2.05, 4.69) is 55.5 Å². The fraction of sp³-hybridized carbons (Fsp3) is 0.308. The van der Waals surface area contributed by atoms with E-state index in [0.717, 1.165) is 33.5 Å². The number of anilines is 1. The quantitative estimate of drug-likeness (QED) is 0.375. The van der Waals surface area contributed by atoms with E-state index >= 15 is 0 Å². The molecule has 4 aromatic rings. The number of amides is 1. The van der Waals surface area contributed by atoms with Crippen LogP contribution in [0, 0.1) is 5.92 Å². The monoisotopic (exact) mass is 471 g/mol. The Morgan fingerprint density at radius 3 is 2.60 bits per heavy atom. The van der Waals surface area contributed by atoms with Crippen LogP contribution in [0.15, 0.2) is 55.2 Å². The molecule has 9 nitrogen and oxygen atoms in total. The highest BCUT2D eigenvalue weighted by atomic mass is 16.5. The number of ether oxygens (including phenoxy) is 1. The van der Waals surface area contributed by atoms with E-state index in [4.69, 9.17) is 4.74 Å². The average Bonchev–Trinajstić information content (AvgIpc) is 2.91. The Morgan fingerprint density at radius 2 is 1.86 bits per heavy atom. The molecule has 35 heavy (non-hydrogen) atoms. The van der Waals surface area contributed by atoms with Gasteiger partial charge in [-0.2, -0.15) is 0 Å². The van der Waals surface area contributed by atoms with Crippen LogP contribution in [0.5, 0.6) is 6.01 Å². The van der Waals surface area contributed by atoms with E-state index < -0.39 is 0 Å². The standard InChI is InChI=1S/C26H29N7O2/c1-5-35-26-30-13-18(14-31-26)22-11-23(33-15-32-22)29-12-16(2)17(3)19-7-6-8-20-21(25(34)27-4)9-10-28-24(19)20/h6-11,13-17H,5,12H2,1-4H3,(H,27,34)(H,29,32,33)/t16?,17-/m1/s1. The Labute approximate surface area is 204 Å². The maximum Gasteiger partial charge on any atom is 0.316 e. The maximum absolute atomic E-state index is 12.3. The summed E-state index contributed by atoms with van der Waals surface area (Å²) in [4.78, 5) is 34.0. The number of carbonyl (C=O) groups excluding carboxylic acids is 1. The molecule has 0 fully saturated rings. The number of nitrogens with one attached hydrogen (secondary N) is 2. The normalized spacial score (nSPS) is 12.7. The summed E-state index contributed by atoms with van der Waals surface area (Å²) in [5.74, 6) is 1.06. The molecule has 0 radical (unpaired) electrons. The van der Waals surface area contributed by atoms with Crippen molar-refractivity contribution in [1.29, 1.82) is 0 Å². The summed E-state index contributed by atoms with van der Waals surface area (Å²) in [6.45, 7) is 7.46. The molecule has 0 bridgehead atoms. The lowest BCUT2D eigenvalue weighted by molar-refractivity contribution is 0.0964. The van der Waals surface area contributed by atoms with Crippen molar-refractivity contribution in [1.82, 2.24) is 30.2 Å². The number of hydrogen-bond acceptors (Lipinski definition) is 8. The Kier molecular flexibility index (Phi) is 7.45.